The van der Waals surface area contributed by atoms with Crippen LogP contribution < -0.4 is 26.4 Å². The summed E-state index contributed by atoms with van der Waals surface area (Å²) in [6, 6.07) is -3.90. The van der Waals surface area contributed by atoms with E-state index in [1.54, 1.807) is 4.90 Å². The van der Waals surface area contributed by atoms with Crippen LogP contribution in [0.3, 0.4) is 0 Å². The second kappa shape index (κ2) is 13.9. The number of Topliss-reactive ketones (excluding diaryl/α,β-unsaturated/α-hetero) is 1. The lowest BCUT2D eigenvalue weighted by Gasteiger charge is -2.39. The van der Waals surface area contributed by atoms with E-state index in [0.29, 0.717) is 32.5 Å². The van der Waals surface area contributed by atoms with Gasteiger partial charge in [-0.3, -0.25) is 19.2 Å². The number of primary amides is 1. The van der Waals surface area contributed by atoms with Gasteiger partial charge in [0.05, 0.1) is 6.04 Å². The number of nitrogens with two attached hydrogens (primary N) is 1. The molecule has 5 aliphatic rings. The third kappa shape index (κ3) is 7.99. The van der Waals surface area contributed by atoms with Crippen molar-refractivity contribution in [3.05, 3.63) is 0 Å². The van der Waals surface area contributed by atoms with Crippen molar-refractivity contribution >= 4 is 39.7 Å². The Bertz CT molecular complexity index is 1390. The first-order chi connectivity index (χ1) is 22.4. The standard InChI is InChI=1S/C33H55N7O7S/c1-32(2,3)23(18-39-15-9-14-35-48(39,46)47)37-31(45)38-25(20-10-7-6-8-11-20)30(44)40-17-21-24(33(21,4)5)26(40)29(43)36-22(16-19-12-13-19)27(41)28(34)42/h19-26,35H,6-18H2,1-5H3,(H2,34,42)(H,36,43)(H2,37,38,45)/t21-,22?,23?,24-,25-,26-/m0/s1. The summed E-state index contributed by atoms with van der Waals surface area (Å²) in [5.41, 5.74) is 4.64. The van der Waals surface area contributed by atoms with Gasteiger partial charge in [-0.05, 0) is 60.2 Å². The first-order valence-electron chi connectivity index (χ1n) is 17.7. The number of hydrogen-bond acceptors (Lipinski definition) is 7. The first-order valence-corrected chi connectivity index (χ1v) is 19.1. The molecule has 48 heavy (non-hydrogen) atoms. The van der Waals surface area contributed by atoms with Gasteiger partial charge in [0.25, 0.3) is 16.1 Å². The number of nitrogens with zero attached hydrogens (tertiary/aromatic N) is 2. The normalized spacial score (nSPS) is 28.8. The van der Waals surface area contributed by atoms with Crippen LogP contribution in [-0.4, -0.2) is 97.5 Å². The molecule has 0 aromatic heterocycles. The average molecular weight is 694 g/mol. The largest absolute Gasteiger partial charge is 0.363 e. The quantitative estimate of drug-likeness (QED) is 0.188. The number of urea groups is 1. The Kier molecular flexibility index (Phi) is 10.5. The van der Waals surface area contributed by atoms with E-state index in [-0.39, 0.29) is 41.5 Å². The Hall–Kier alpha value is -2.78. The number of likely N-dealkylation sites (tertiary alicyclic amines) is 1. The van der Waals surface area contributed by atoms with E-state index >= 15 is 0 Å². The van der Waals surface area contributed by atoms with Gasteiger partial charge in [0, 0.05) is 32.2 Å². The summed E-state index contributed by atoms with van der Waals surface area (Å²) in [5.74, 6) is -2.68. The molecule has 3 saturated carbocycles. The van der Waals surface area contributed by atoms with Crippen molar-refractivity contribution < 1.29 is 32.4 Å². The molecule has 270 valence electrons. The van der Waals surface area contributed by atoms with E-state index in [2.05, 4.69) is 34.5 Å². The van der Waals surface area contributed by atoms with Gasteiger partial charge >= 0.3 is 6.03 Å². The fraction of sp³-hybridized carbons (Fsp3) is 0.848. The number of carbonyl (C=O) groups excluding carboxylic acids is 5. The maximum atomic E-state index is 14.5. The van der Waals surface area contributed by atoms with E-state index in [4.69, 9.17) is 5.73 Å². The fourth-order valence-corrected chi connectivity index (χ4v) is 9.43. The molecule has 0 spiro atoms. The molecule has 6 N–H and O–H groups in total. The van der Waals surface area contributed by atoms with Crippen molar-refractivity contribution in [2.45, 2.75) is 117 Å². The Morgan fingerprint density at radius 2 is 1.62 bits per heavy atom. The number of rotatable bonds is 12. The van der Waals surface area contributed by atoms with Gasteiger partial charge < -0.3 is 26.6 Å². The molecule has 3 aliphatic carbocycles. The molecule has 2 aliphatic heterocycles. The molecule has 0 radical (unpaired) electrons. The second-order valence-corrected chi connectivity index (χ2v) is 18.1. The summed E-state index contributed by atoms with van der Waals surface area (Å²) in [6.45, 7) is 11.0. The van der Waals surface area contributed by atoms with Crippen molar-refractivity contribution in [2.75, 3.05) is 26.2 Å². The number of nitrogens with one attached hydrogen (secondary N) is 4. The van der Waals surface area contributed by atoms with Crippen LogP contribution in [0.2, 0.25) is 0 Å². The third-order valence-corrected chi connectivity index (χ3v) is 13.1. The van der Waals surface area contributed by atoms with Crippen LogP contribution in [0.15, 0.2) is 0 Å². The zero-order valence-electron chi connectivity index (χ0n) is 29.0. The van der Waals surface area contributed by atoms with Crippen LogP contribution in [0.5, 0.6) is 0 Å². The first kappa shape index (κ1) is 36.5. The minimum Gasteiger partial charge on any atom is -0.363 e. The Labute approximate surface area is 284 Å². The van der Waals surface area contributed by atoms with E-state index in [1.165, 1.54) is 4.31 Å². The maximum Gasteiger partial charge on any atom is 0.315 e. The summed E-state index contributed by atoms with van der Waals surface area (Å²) in [6.07, 6.45) is 7.20. The molecule has 0 aromatic carbocycles. The van der Waals surface area contributed by atoms with Crippen LogP contribution >= 0.6 is 0 Å². The minimum absolute atomic E-state index is 0.0765. The lowest BCUT2D eigenvalue weighted by molar-refractivity contribution is -0.144. The highest BCUT2D eigenvalue weighted by Gasteiger charge is 2.69. The molecule has 6 atom stereocenters. The number of ketones is 1. The topological polar surface area (TPSA) is 200 Å². The SMILES string of the molecule is CC(C)(C)C(CN1CCCNS1(=O)=O)NC(=O)N[C@H](C(=O)N1C[C@H]2[C@@H]([C@H]1C(=O)NC(CC1CC1)C(=O)C(N)=O)C2(C)C)C1CCCCC1. The van der Waals surface area contributed by atoms with Gasteiger partial charge in [0.15, 0.2) is 0 Å². The van der Waals surface area contributed by atoms with Gasteiger partial charge in [0.2, 0.25) is 17.6 Å². The highest BCUT2D eigenvalue weighted by Crippen LogP contribution is 2.65. The Balaban J connectivity index is 1.35. The molecule has 2 unspecified atom stereocenters. The molecule has 2 heterocycles. The number of hydrogen-bond donors (Lipinski definition) is 5. The van der Waals surface area contributed by atoms with Crippen LogP contribution in [0.25, 0.3) is 0 Å². The smallest absolute Gasteiger partial charge is 0.315 e. The predicted octanol–water partition coefficient (Wildman–Crippen LogP) is 1.01. The van der Waals surface area contributed by atoms with Crippen molar-refractivity contribution in [3.63, 3.8) is 0 Å². The minimum atomic E-state index is -3.66. The summed E-state index contributed by atoms with van der Waals surface area (Å²) >= 11 is 0. The summed E-state index contributed by atoms with van der Waals surface area (Å²) in [5, 5.41) is 8.75. The van der Waals surface area contributed by atoms with Gasteiger partial charge in [-0.1, -0.05) is 66.7 Å². The number of amides is 5. The van der Waals surface area contributed by atoms with Crippen LogP contribution in [-0.2, 0) is 29.4 Å². The van der Waals surface area contributed by atoms with Gasteiger partial charge in [-0.15, -0.1) is 0 Å². The molecule has 15 heteroatoms. The maximum absolute atomic E-state index is 14.5. The number of piperidine rings is 1. The zero-order valence-corrected chi connectivity index (χ0v) is 29.9. The molecule has 14 nitrogen and oxygen atoms in total. The van der Waals surface area contributed by atoms with Crippen molar-refractivity contribution in [1.82, 2.24) is 29.9 Å². The molecular weight excluding hydrogens is 638 g/mol. The monoisotopic (exact) mass is 693 g/mol. The van der Waals surface area contributed by atoms with Crippen molar-refractivity contribution in [1.29, 1.82) is 0 Å². The number of carbonyl (C=O) groups is 5. The highest BCUT2D eigenvalue weighted by molar-refractivity contribution is 7.87. The Morgan fingerprint density at radius 3 is 2.21 bits per heavy atom. The van der Waals surface area contributed by atoms with Gasteiger partial charge in [-0.2, -0.15) is 12.7 Å². The molecular formula is C33H55N7O7S. The molecule has 5 fully saturated rings. The predicted molar refractivity (Wildman–Crippen MR) is 178 cm³/mol. The van der Waals surface area contributed by atoms with Gasteiger partial charge in [-0.25, -0.2) is 9.52 Å². The van der Waals surface area contributed by atoms with E-state index in [9.17, 15) is 32.4 Å². The van der Waals surface area contributed by atoms with Crippen LogP contribution in [0.4, 0.5) is 4.79 Å². The average Bonchev–Trinajstić information content (AvgIpc) is 3.86. The Morgan fingerprint density at radius 1 is 0.958 bits per heavy atom. The number of fused-ring (bicyclic) bond motifs is 1. The molecule has 5 amide bonds. The summed E-state index contributed by atoms with van der Waals surface area (Å²) in [4.78, 5) is 68.3. The molecule has 0 aromatic rings. The van der Waals surface area contributed by atoms with Crippen LogP contribution in [0.1, 0.15) is 92.4 Å². The molecule has 2 saturated heterocycles. The lowest BCUT2D eigenvalue weighted by atomic mass is 9.83. The third-order valence-electron chi connectivity index (χ3n) is 11.5. The van der Waals surface area contributed by atoms with E-state index < -0.39 is 63.4 Å². The van der Waals surface area contributed by atoms with Crippen molar-refractivity contribution in [3.8, 4) is 0 Å². The zero-order chi connectivity index (χ0) is 35.2. The van der Waals surface area contributed by atoms with E-state index in [0.717, 1.165) is 44.9 Å². The molecule has 0 bridgehead atoms. The summed E-state index contributed by atoms with van der Waals surface area (Å²) < 4.78 is 29.2. The second-order valence-electron chi connectivity index (χ2n) is 16.4. The highest BCUT2D eigenvalue weighted by atomic mass is 32.2. The van der Waals surface area contributed by atoms with E-state index in [1.807, 2.05) is 20.8 Å². The van der Waals surface area contributed by atoms with Gasteiger partial charge in [0.1, 0.15) is 12.1 Å². The van der Waals surface area contributed by atoms with Crippen LogP contribution in [0, 0.1) is 34.5 Å². The lowest BCUT2D eigenvalue weighted by Crippen LogP contribution is -2.62. The summed E-state index contributed by atoms with van der Waals surface area (Å²) in [7, 11) is -3.66. The fourth-order valence-electron chi connectivity index (χ4n) is 8.13. The van der Waals surface area contributed by atoms with Crippen molar-refractivity contribution in [2.24, 2.45) is 40.2 Å². The molecule has 5 rings (SSSR count).